The molecule has 0 bridgehead atoms. The highest BCUT2D eigenvalue weighted by Crippen LogP contribution is 2.08. The maximum Gasteiger partial charge on any atom is 0.228 e. The van der Waals surface area contributed by atoms with Crippen LogP contribution in [0.1, 0.15) is 31.5 Å². The Hall–Kier alpha value is -1.42. The van der Waals surface area contributed by atoms with Crippen molar-refractivity contribution in [1.82, 2.24) is 9.88 Å². The highest BCUT2D eigenvalue weighted by atomic mass is 16.3. The van der Waals surface area contributed by atoms with Crippen LogP contribution in [0.25, 0.3) is 0 Å². The molecule has 1 heterocycles. The molecule has 0 aliphatic rings. The number of rotatable bonds is 6. The quantitative estimate of drug-likeness (QED) is 0.833. The zero-order chi connectivity index (χ0) is 13.5. The topological polar surface area (TPSA) is 53.4 Å². The van der Waals surface area contributed by atoms with Crippen molar-refractivity contribution in [3.8, 4) is 0 Å². The van der Waals surface area contributed by atoms with Gasteiger partial charge in [-0.25, -0.2) is 0 Å². The first kappa shape index (κ1) is 14.6. The smallest absolute Gasteiger partial charge is 0.228 e. The molecule has 0 radical (unpaired) electrons. The Labute approximate surface area is 109 Å². The summed E-state index contributed by atoms with van der Waals surface area (Å²) >= 11 is 0. The molecule has 0 aromatic carbocycles. The van der Waals surface area contributed by atoms with Crippen molar-refractivity contribution in [3.63, 3.8) is 0 Å². The van der Waals surface area contributed by atoms with Gasteiger partial charge in [-0.2, -0.15) is 0 Å². The summed E-state index contributed by atoms with van der Waals surface area (Å²) in [6, 6.07) is 3.98. The molecule has 1 rings (SSSR count). The van der Waals surface area contributed by atoms with Crippen LogP contribution in [0.4, 0.5) is 0 Å². The Bertz CT molecular complexity index is 391. The van der Waals surface area contributed by atoms with Crippen LogP contribution in [0, 0.1) is 6.92 Å². The number of nitrogens with zero attached hydrogens (tertiary/aromatic N) is 2. The van der Waals surface area contributed by atoms with Crippen molar-refractivity contribution in [1.29, 1.82) is 0 Å². The largest absolute Gasteiger partial charge is 0.396 e. The Kier molecular flexibility index (Phi) is 5.78. The second kappa shape index (κ2) is 7.11. The number of amides is 1. The number of carbonyl (C=O) groups is 1. The molecule has 4 heteroatoms. The summed E-state index contributed by atoms with van der Waals surface area (Å²) < 4.78 is 0. The fourth-order valence-corrected chi connectivity index (χ4v) is 1.86. The summed E-state index contributed by atoms with van der Waals surface area (Å²) in [5.41, 5.74) is 1.87. The van der Waals surface area contributed by atoms with Crippen molar-refractivity contribution < 1.29 is 9.90 Å². The van der Waals surface area contributed by atoms with E-state index in [9.17, 15) is 4.79 Å². The van der Waals surface area contributed by atoms with Gasteiger partial charge in [0.15, 0.2) is 0 Å². The summed E-state index contributed by atoms with van der Waals surface area (Å²) in [4.78, 5) is 18.3. The average molecular weight is 250 g/mol. The predicted molar refractivity (Wildman–Crippen MR) is 71.2 cm³/mol. The number of aliphatic hydroxyl groups excluding tert-OH is 1. The van der Waals surface area contributed by atoms with Crippen molar-refractivity contribution >= 4 is 5.91 Å². The van der Waals surface area contributed by atoms with Crippen molar-refractivity contribution in [3.05, 3.63) is 29.6 Å². The third-order valence-corrected chi connectivity index (χ3v) is 2.94. The van der Waals surface area contributed by atoms with Gasteiger partial charge < -0.3 is 10.0 Å². The molecule has 0 atom stereocenters. The first-order valence-corrected chi connectivity index (χ1v) is 6.37. The molecule has 1 N–H and O–H groups in total. The van der Waals surface area contributed by atoms with Gasteiger partial charge in [0.25, 0.3) is 0 Å². The number of hydrogen-bond donors (Lipinski definition) is 1. The van der Waals surface area contributed by atoms with E-state index in [1.54, 1.807) is 11.1 Å². The lowest BCUT2D eigenvalue weighted by Gasteiger charge is -2.26. The lowest BCUT2D eigenvalue weighted by Crippen LogP contribution is -2.39. The van der Waals surface area contributed by atoms with Gasteiger partial charge in [0.2, 0.25) is 5.91 Å². The van der Waals surface area contributed by atoms with Gasteiger partial charge in [-0.15, -0.1) is 0 Å². The van der Waals surface area contributed by atoms with Crippen LogP contribution in [0.2, 0.25) is 0 Å². The highest BCUT2D eigenvalue weighted by Gasteiger charge is 2.17. The average Bonchev–Trinajstić information content (AvgIpc) is 2.32. The molecule has 0 fully saturated rings. The zero-order valence-electron chi connectivity index (χ0n) is 11.4. The molecular weight excluding hydrogens is 228 g/mol. The minimum absolute atomic E-state index is 0.0697. The van der Waals surface area contributed by atoms with Gasteiger partial charge in [0.1, 0.15) is 0 Å². The van der Waals surface area contributed by atoms with E-state index in [4.69, 9.17) is 5.11 Å². The van der Waals surface area contributed by atoms with Crippen LogP contribution >= 0.6 is 0 Å². The standard InChI is InChI=1S/C14H22N2O2/c1-11(2)16(8-5-9-17)14(18)10-13-12(3)6-4-7-15-13/h4,6-7,11,17H,5,8-10H2,1-3H3. The Morgan fingerprint density at radius 3 is 2.78 bits per heavy atom. The van der Waals surface area contributed by atoms with Crippen LogP contribution in [0.15, 0.2) is 18.3 Å². The molecule has 0 aliphatic carbocycles. The summed E-state index contributed by atoms with van der Waals surface area (Å²) in [7, 11) is 0. The van der Waals surface area contributed by atoms with Gasteiger partial charge in [-0.1, -0.05) is 6.07 Å². The van der Waals surface area contributed by atoms with Crippen LogP contribution in [-0.2, 0) is 11.2 Å². The van der Waals surface area contributed by atoms with Crippen LogP contribution < -0.4 is 0 Å². The maximum atomic E-state index is 12.2. The summed E-state index contributed by atoms with van der Waals surface area (Å²) in [5, 5.41) is 8.86. The number of aliphatic hydroxyl groups is 1. The lowest BCUT2D eigenvalue weighted by molar-refractivity contribution is -0.132. The molecule has 1 amide bonds. The van der Waals surface area contributed by atoms with E-state index in [2.05, 4.69) is 4.98 Å². The minimum Gasteiger partial charge on any atom is -0.396 e. The second-order valence-electron chi connectivity index (χ2n) is 4.70. The molecule has 0 spiro atoms. The molecule has 4 nitrogen and oxygen atoms in total. The molecule has 0 aliphatic heterocycles. The molecule has 1 aromatic heterocycles. The van der Waals surface area contributed by atoms with E-state index in [0.717, 1.165) is 11.3 Å². The van der Waals surface area contributed by atoms with Crippen LogP contribution in [0.3, 0.4) is 0 Å². The lowest BCUT2D eigenvalue weighted by atomic mass is 10.1. The Balaban J connectivity index is 2.70. The Morgan fingerprint density at radius 1 is 1.50 bits per heavy atom. The number of aryl methyl sites for hydroxylation is 1. The monoisotopic (exact) mass is 250 g/mol. The van der Waals surface area contributed by atoms with Gasteiger partial charge >= 0.3 is 0 Å². The van der Waals surface area contributed by atoms with Gasteiger partial charge in [0.05, 0.1) is 12.1 Å². The molecule has 1 aromatic rings. The third-order valence-electron chi connectivity index (χ3n) is 2.94. The minimum atomic E-state index is 0.0697. The highest BCUT2D eigenvalue weighted by molar-refractivity contribution is 5.78. The Morgan fingerprint density at radius 2 is 2.22 bits per heavy atom. The molecule has 18 heavy (non-hydrogen) atoms. The van der Waals surface area contributed by atoms with Crippen LogP contribution in [-0.4, -0.2) is 40.1 Å². The number of pyridine rings is 1. The molecular formula is C14H22N2O2. The first-order chi connectivity index (χ1) is 8.56. The van der Waals surface area contributed by atoms with E-state index >= 15 is 0 Å². The fourth-order valence-electron chi connectivity index (χ4n) is 1.86. The van der Waals surface area contributed by atoms with Gasteiger partial charge in [-0.3, -0.25) is 9.78 Å². The van der Waals surface area contributed by atoms with Crippen molar-refractivity contribution in [2.75, 3.05) is 13.2 Å². The SMILES string of the molecule is Cc1cccnc1CC(=O)N(CCCO)C(C)C. The van der Waals surface area contributed by atoms with Gasteiger partial charge in [-0.05, 0) is 38.8 Å². The molecule has 0 saturated heterocycles. The number of hydrogen-bond acceptors (Lipinski definition) is 3. The maximum absolute atomic E-state index is 12.2. The third kappa shape index (κ3) is 4.11. The molecule has 0 unspecified atom stereocenters. The van der Waals surface area contributed by atoms with E-state index in [0.29, 0.717) is 19.4 Å². The molecule has 0 saturated carbocycles. The fraction of sp³-hybridized carbons (Fsp3) is 0.571. The summed E-state index contributed by atoms with van der Waals surface area (Å²) in [6.07, 6.45) is 2.66. The van der Waals surface area contributed by atoms with Crippen molar-refractivity contribution in [2.45, 2.75) is 39.7 Å². The van der Waals surface area contributed by atoms with Crippen LogP contribution in [0.5, 0.6) is 0 Å². The number of carbonyl (C=O) groups excluding carboxylic acids is 1. The zero-order valence-corrected chi connectivity index (χ0v) is 11.4. The van der Waals surface area contributed by atoms with E-state index in [1.807, 2.05) is 32.9 Å². The van der Waals surface area contributed by atoms with Crippen molar-refractivity contribution in [2.24, 2.45) is 0 Å². The predicted octanol–water partition coefficient (Wildman–Crippen LogP) is 1.55. The normalized spacial score (nSPS) is 10.7. The van der Waals surface area contributed by atoms with Gasteiger partial charge in [0, 0.05) is 25.4 Å². The van der Waals surface area contributed by atoms with E-state index in [-0.39, 0.29) is 18.6 Å². The summed E-state index contributed by atoms with van der Waals surface area (Å²) in [5.74, 6) is 0.0697. The van der Waals surface area contributed by atoms with E-state index < -0.39 is 0 Å². The second-order valence-corrected chi connectivity index (χ2v) is 4.70. The first-order valence-electron chi connectivity index (χ1n) is 6.37. The summed E-state index contributed by atoms with van der Waals surface area (Å²) in [6.45, 7) is 6.64. The number of aromatic nitrogens is 1. The van der Waals surface area contributed by atoms with E-state index in [1.165, 1.54) is 0 Å². The molecule has 100 valence electrons.